The maximum atomic E-state index is 9.86. The van der Waals surface area contributed by atoms with Gasteiger partial charge in [-0.05, 0) is 18.6 Å². The van der Waals surface area contributed by atoms with Gasteiger partial charge in [0.2, 0.25) is 0 Å². The van der Waals surface area contributed by atoms with Crippen LogP contribution in [0.5, 0.6) is 5.75 Å². The van der Waals surface area contributed by atoms with Crippen LogP contribution in [0.4, 0.5) is 5.82 Å². The summed E-state index contributed by atoms with van der Waals surface area (Å²) in [6.07, 6.45) is 2.48. The highest BCUT2D eigenvalue weighted by Gasteiger charge is 2.39. The molecule has 0 aromatic carbocycles. The SMILES string of the molecule is CCC1(O)CN(c2ccc(OC)cn2)C1. The van der Waals surface area contributed by atoms with E-state index in [1.165, 1.54) is 0 Å². The normalized spacial score (nSPS) is 18.5. The average Bonchev–Trinajstić information content (AvgIpc) is 2.25. The number of ether oxygens (including phenoxy) is 1. The lowest BCUT2D eigenvalue weighted by Gasteiger charge is -2.46. The van der Waals surface area contributed by atoms with E-state index >= 15 is 0 Å². The van der Waals surface area contributed by atoms with Gasteiger partial charge in [-0.1, -0.05) is 6.92 Å². The summed E-state index contributed by atoms with van der Waals surface area (Å²) in [6.45, 7) is 3.34. The van der Waals surface area contributed by atoms with Crippen LogP contribution in [0.2, 0.25) is 0 Å². The predicted molar refractivity (Wildman–Crippen MR) is 58.2 cm³/mol. The van der Waals surface area contributed by atoms with Crippen LogP contribution in [0.25, 0.3) is 0 Å². The van der Waals surface area contributed by atoms with Gasteiger partial charge in [0.1, 0.15) is 11.6 Å². The van der Waals surface area contributed by atoms with Crippen molar-refractivity contribution in [3.05, 3.63) is 18.3 Å². The summed E-state index contributed by atoms with van der Waals surface area (Å²) >= 11 is 0. The van der Waals surface area contributed by atoms with Crippen LogP contribution in [-0.4, -0.2) is 35.9 Å². The molecular formula is C11H16N2O2. The van der Waals surface area contributed by atoms with Crippen molar-refractivity contribution < 1.29 is 9.84 Å². The molecule has 0 aliphatic carbocycles. The van der Waals surface area contributed by atoms with Gasteiger partial charge >= 0.3 is 0 Å². The molecule has 0 saturated carbocycles. The Morgan fingerprint density at radius 3 is 2.73 bits per heavy atom. The molecule has 0 unspecified atom stereocenters. The Morgan fingerprint density at radius 1 is 1.53 bits per heavy atom. The zero-order valence-corrected chi connectivity index (χ0v) is 9.10. The minimum Gasteiger partial charge on any atom is -0.495 e. The van der Waals surface area contributed by atoms with Crippen molar-refractivity contribution in [1.29, 1.82) is 0 Å². The topological polar surface area (TPSA) is 45.6 Å². The molecule has 1 saturated heterocycles. The molecule has 1 aliphatic rings. The summed E-state index contributed by atoms with van der Waals surface area (Å²) in [5.41, 5.74) is -0.512. The Balaban J connectivity index is 2.01. The summed E-state index contributed by atoms with van der Waals surface area (Å²) in [6, 6.07) is 3.79. The number of anilines is 1. The Kier molecular flexibility index (Phi) is 2.52. The molecule has 1 aromatic rings. The van der Waals surface area contributed by atoms with Crippen molar-refractivity contribution in [1.82, 2.24) is 4.98 Å². The lowest BCUT2D eigenvalue weighted by atomic mass is 9.91. The Labute approximate surface area is 89.5 Å². The van der Waals surface area contributed by atoms with Crippen LogP contribution in [0, 0.1) is 0 Å². The molecule has 4 nitrogen and oxygen atoms in total. The van der Waals surface area contributed by atoms with Crippen molar-refractivity contribution in [3.8, 4) is 5.75 Å². The first-order valence-corrected chi connectivity index (χ1v) is 5.14. The lowest BCUT2D eigenvalue weighted by molar-refractivity contribution is 0.00806. The maximum absolute atomic E-state index is 9.86. The molecule has 2 rings (SSSR count). The van der Waals surface area contributed by atoms with Gasteiger partial charge in [0.05, 0.1) is 18.9 Å². The van der Waals surface area contributed by atoms with Gasteiger partial charge in [-0.2, -0.15) is 0 Å². The third-order valence-corrected chi connectivity index (χ3v) is 2.91. The van der Waals surface area contributed by atoms with E-state index in [9.17, 15) is 5.11 Å². The van der Waals surface area contributed by atoms with E-state index in [4.69, 9.17) is 4.74 Å². The Bertz CT molecular complexity index is 331. The van der Waals surface area contributed by atoms with Gasteiger partial charge in [0.15, 0.2) is 0 Å². The first-order chi connectivity index (χ1) is 7.17. The maximum Gasteiger partial charge on any atom is 0.137 e. The molecule has 4 heteroatoms. The number of aliphatic hydroxyl groups is 1. The molecule has 1 fully saturated rings. The van der Waals surface area contributed by atoms with Gasteiger partial charge < -0.3 is 14.7 Å². The first-order valence-electron chi connectivity index (χ1n) is 5.14. The summed E-state index contributed by atoms with van der Waals surface area (Å²) in [7, 11) is 1.62. The Morgan fingerprint density at radius 2 is 2.27 bits per heavy atom. The second-order valence-corrected chi connectivity index (χ2v) is 3.99. The molecular weight excluding hydrogens is 192 g/mol. The van der Waals surface area contributed by atoms with Crippen molar-refractivity contribution in [2.24, 2.45) is 0 Å². The number of β-amino-alcohol motifs (C(OH)–C–C–N with tert-alkyl or cyclic N) is 1. The molecule has 15 heavy (non-hydrogen) atoms. The van der Waals surface area contributed by atoms with Crippen LogP contribution >= 0.6 is 0 Å². The molecule has 0 spiro atoms. The largest absolute Gasteiger partial charge is 0.495 e. The van der Waals surface area contributed by atoms with E-state index < -0.39 is 5.60 Å². The summed E-state index contributed by atoms with van der Waals surface area (Å²) in [5, 5.41) is 9.86. The third-order valence-electron chi connectivity index (χ3n) is 2.91. The Hall–Kier alpha value is -1.29. The van der Waals surface area contributed by atoms with Gasteiger partial charge in [-0.25, -0.2) is 4.98 Å². The molecule has 82 valence electrons. The van der Waals surface area contributed by atoms with E-state index in [-0.39, 0.29) is 0 Å². The van der Waals surface area contributed by atoms with Crippen LogP contribution in [0.1, 0.15) is 13.3 Å². The molecule has 0 atom stereocenters. The molecule has 0 amide bonds. The van der Waals surface area contributed by atoms with E-state index in [1.54, 1.807) is 13.3 Å². The lowest BCUT2D eigenvalue weighted by Crippen LogP contribution is -2.61. The second-order valence-electron chi connectivity index (χ2n) is 3.99. The van der Waals surface area contributed by atoms with E-state index in [0.717, 1.165) is 18.0 Å². The summed E-state index contributed by atoms with van der Waals surface area (Å²) in [5.74, 6) is 1.65. The minimum absolute atomic E-state index is 0.512. The van der Waals surface area contributed by atoms with Gasteiger partial charge in [0, 0.05) is 13.1 Å². The van der Waals surface area contributed by atoms with Crippen molar-refractivity contribution >= 4 is 5.82 Å². The highest BCUT2D eigenvalue weighted by molar-refractivity contribution is 5.45. The zero-order chi connectivity index (χ0) is 10.9. The van der Waals surface area contributed by atoms with Crippen LogP contribution < -0.4 is 9.64 Å². The number of rotatable bonds is 3. The van der Waals surface area contributed by atoms with Crippen molar-refractivity contribution in [3.63, 3.8) is 0 Å². The number of pyridine rings is 1. The van der Waals surface area contributed by atoms with Crippen LogP contribution in [0.15, 0.2) is 18.3 Å². The van der Waals surface area contributed by atoms with Crippen LogP contribution in [-0.2, 0) is 0 Å². The predicted octanol–water partition coefficient (Wildman–Crippen LogP) is 1.05. The fraction of sp³-hybridized carbons (Fsp3) is 0.545. The molecule has 0 bridgehead atoms. The molecule has 1 aromatic heterocycles. The monoisotopic (exact) mass is 208 g/mol. The molecule has 0 radical (unpaired) electrons. The van der Waals surface area contributed by atoms with Gasteiger partial charge in [-0.3, -0.25) is 0 Å². The van der Waals surface area contributed by atoms with Gasteiger partial charge in [0.25, 0.3) is 0 Å². The molecule has 1 aliphatic heterocycles. The highest BCUT2D eigenvalue weighted by atomic mass is 16.5. The smallest absolute Gasteiger partial charge is 0.137 e. The molecule has 2 heterocycles. The van der Waals surface area contributed by atoms with Crippen molar-refractivity contribution in [2.45, 2.75) is 18.9 Å². The van der Waals surface area contributed by atoms with Gasteiger partial charge in [-0.15, -0.1) is 0 Å². The van der Waals surface area contributed by atoms with E-state index in [2.05, 4.69) is 9.88 Å². The average molecular weight is 208 g/mol. The summed E-state index contributed by atoms with van der Waals surface area (Å²) in [4.78, 5) is 6.32. The fourth-order valence-electron chi connectivity index (χ4n) is 1.73. The number of aromatic nitrogens is 1. The third kappa shape index (κ3) is 1.90. The standard InChI is InChI=1S/C11H16N2O2/c1-3-11(14)7-13(8-11)10-5-4-9(15-2)6-12-10/h4-6,14H,3,7-8H2,1-2H3. The number of hydrogen-bond acceptors (Lipinski definition) is 4. The quantitative estimate of drug-likeness (QED) is 0.806. The van der Waals surface area contributed by atoms with Crippen LogP contribution in [0.3, 0.4) is 0 Å². The number of methoxy groups -OCH3 is 1. The first kappa shape index (κ1) is 10.2. The molecule has 1 N–H and O–H groups in total. The highest BCUT2D eigenvalue weighted by Crippen LogP contribution is 2.28. The zero-order valence-electron chi connectivity index (χ0n) is 9.10. The number of hydrogen-bond donors (Lipinski definition) is 1. The second kappa shape index (κ2) is 3.70. The van der Waals surface area contributed by atoms with E-state index in [1.807, 2.05) is 19.1 Å². The van der Waals surface area contributed by atoms with Crippen molar-refractivity contribution in [2.75, 3.05) is 25.1 Å². The number of nitrogens with zero attached hydrogens (tertiary/aromatic N) is 2. The fourth-order valence-corrected chi connectivity index (χ4v) is 1.73. The van der Waals surface area contributed by atoms with E-state index in [0.29, 0.717) is 13.1 Å². The minimum atomic E-state index is -0.512. The summed E-state index contributed by atoms with van der Waals surface area (Å²) < 4.78 is 5.03.